The number of amides is 1. The molecule has 0 saturated carbocycles. The number of hydrogen-bond acceptors (Lipinski definition) is 1. The molecule has 0 spiro atoms. The zero-order valence-electron chi connectivity index (χ0n) is 14.5. The molecular formula is C19H37NO. The molecular weight excluding hydrogens is 258 g/mol. The molecule has 0 fully saturated rings. The summed E-state index contributed by atoms with van der Waals surface area (Å²) in [6.07, 6.45) is 16.8. The van der Waals surface area contributed by atoms with Crippen molar-refractivity contribution >= 4 is 5.91 Å². The summed E-state index contributed by atoms with van der Waals surface area (Å²) >= 11 is 0. The van der Waals surface area contributed by atoms with Gasteiger partial charge in [-0.25, -0.2) is 0 Å². The van der Waals surface area contributed by atoms with Gasteiger partial charge in [-0.1, -0.05) is 84.6 Å². The Morgan fingerprint density at radius 1 is 0.762 bits per heavy atom. The number of carbonyl (C=O) groups excluding carboxylic acids is 1. The van der Waals surface area contributed by atoms with Gasteiger partial charge in [-0.15, -0.1) is 0 Å². The van der Waals surface area contributed by atoms with E-state index in [-0.39, 0.29) is 5.91 Å². The van der Waals surface area contributed by atoms with E-state index in [2.05, 4.69) is 20.4 Å². The first kappa shape index (κ1) is 20.2. The van der Waals surface area contributed by atoms with Crippen molar-refractivity contribution in [2.24, 2.45) is 0 Å². The van der Waals surface area contributed by atoms with Crippen LogP contribution < -0.4 is 0 Å². The van der Waals surface area contributed by atoms with Gasteiger partial charge in [0.15, 0.2) is 0 Å². The molecule has 0 unspecified atom stereocenters. The fourth-order valence-electron chi connectivity index (χ4n) is 2.63. The SMILES string of the molecule is C=CC(=O)N(CCCCCCCC)CCCCCCCC. The van der Waals surface area contributed by atoms with E-state index < -0.39 is 0 Å². The normalized spacial score (nSPS) is 10.6. The van der Waals surface area contributed by atoms with Crippen molar-refractivity contribution in [2.45, 2.75) is 90.9 Å². The third-order valence-electron chi connectivity index (χ3n) is 4.05. The van der Waals surface area contributed by atoms with Crippen molar-refractivity contribution in [3.8, 4) is 0 Å². The fraction of sp³-hybridized carbons (Fsp3) is 0.842. The third-order valence-corrected chi connectivity index (χ3v) is 4.05. The van der Waals surface area contributed by atoms with Gasteiger partial charge in [-0.05, 0) is 18.9 Å². The number of unbranched alkanes of at least 4 members (excludes halogenated alkanes) is 10. The second kappa shape index (κ2) is 15.6. The average Bonchev–Trinajstić information content (AvgIpc) is 2.51. The molecule has 0 aliphatic heterocycles. The first-order valence-electron chi connectivity index (χ1n) is 9.17. The van der Waals surface area contributed by atoms with Crippen LogP contribution in [0.5, 0.6) is 0 Å². The van der Waals surface area contributed by atoms with Crippen LogP contribution in [-0.4, -0.2) is 23.9 Å². The van der Waals surface area contributed by atoms with E-state index in [9.17, 15) is 4.79 Å². The van der Waals surface area contributed by atoms with Gasteiger partial charge >= 0.3 is 0 Å². The second-order valence-corrected chi connectivity index (χ2v) is 6.06. The van der Waals surface area contributed by atoms with Crippen LogP contribution in [-0.2, 0) is 4.79 Å². The second-order valence-electron chi connectivity index (χ2n) is 6.06. The summed E-state index contributed by atoms with van der Waals surface area (Å²) in [6, 6.07) is 0. The molecule has 0 aromatic rings. The highest BCUT2D eigenvalue weighted by atomic mass is 16.2. The van der Waals surface area contributed by atoms with E-state index in [0.717, 1.165) is 25.9 Å². The first-order chi connectivity index (χ1) is 10.3. The molecule has 124 valence electrons. The van der Waals surface area contributed by atoms with Gasteiger partial charge in [0.25, 0.3) is 0 Å². The predicted molar refractivity (Wildman–Crippen MR) is 93.5 cm³/mol. The standard InChI is InChI=1S/C19H37NO/c1-4-7-9-11-13-15-17-20(19(21)6-3)18-16-14-12-10-8-5-2/h6H,3-5,7-18H2,1-2H3. The third kappa shape index (κ3) is 12.6. The van der Waals surface area contributed by atoms with E-state index in [1.807, 2.05) is 4.90 Å². The Bertz CT molecular complexity index is 234. The van der Waals surface area contributed by atoms with Crippen LogP contribution in [0.2, 0.25) is 0 Å². The highest BCUT2D eigenvalue weighted by Crippen LogP contribution is 2.09. The first-order valence-corrected chi connectivity index (χ1v) is 9.17. The Morgan fingerprint density at radius 3 is 1.52 bits per heavy atom. The molecule has 0 aliphatic carbocycles. The number of carbonyl (C=O) groups is 1. The van der Waals surface area contributed by atoms with Crippen molar-refractivity contribution in [3.05, 3.63) is 12.7 Å². The van der Waals surface area contributed by atoms with Crippen LogP contribution in [0, 0.1) is 0 Å². The summed E-state index contributed by atoms with van der Waals surface area (Å²) in [5.74, 6) is 0.108. The van der Waals surface area contributed by atoms with Gasteiger partial charge < -0.3 is 4.90 Å². The minimum absolute atomic E-state index is 0.108. The van der Waals surface area contributed by atoms with Crippen molar-refractivity contribution < 1.29 is 4.79 Å². The summed E-state index contributed by atoms with van der Waals surface area (Å²) < 4.78 is 0. The molecule has 0 aromatic carbocycles. The summed E-state index contributed by atoms with van der Waals surface area (Å²) in [5.41, 5.74) is 0. The molecule has 21 heavy (non-hydrogen) atoms. The molecule has 0 heterocycles. The van der Waals surface area contributed by atoms with Gasteiger partial charge in [-0.3, -0.25) is 4.79 Å². The number of hydrogen-bond donors (Lipinski definition) is 0. The van der Waals surface area contributed by atoms with Crippen LogP contribution in [0.4, 0.5) is 0 Å². The van der Waals surface area contributed by atoms with Crippen LogP contribution in [0.1, 0.15) is 90.9 Å². The summed E-state index contributed by atoms with van der Waals surface area (Å²) in [4.78, 5) is 13.8. The predicted octanol–water partition coefficient (Wildman–Crippen LogP) is 5.72. The highest BCUT2D eigenvalue weighted by molar-refractivity contribution is 5.86. The minimum Gasteiger partial charge on any atom is -0.339 e. The molecule has 0 aromatic heterocycles. The summed E-state index contributed by atoms with van der Waals surface area (Å²) in [6.45, 7) is 9.93. The lowest BCUT2D eigenvalue weighted by molar-refractivity contribution is -0.126. The zero-order valence-corrected chi connectivity index (χ0v) is 14.5. The minimum atomic E-state index is 0.108. The molecule has 0 rings (SSSR count). The van der Waals surface area contributed by atoms with E-state index in [4.69, 9.17) is 0 Å². The van der Waals surface area contributed by atoms with Crippen LogP contribution in [0.15, 0.2) is 12.7 Å². The van der Waals surface area contributed by atoms with Gasteiger partial charge in [0.1, 0.15) is 0 Å². The van der Waals surface area contributed by atoms with Crippen LogP contribution in [0.3, 0.4) is 0 Å². The van der Waals surface area contributed by atoms with Crippen molar-refractivity contribution in [1.82, 2.24) is 4.90 Å². The Hall–Kier alpha value is -0.790. The van der Waals surface area contributed by atoms with E-state index in [0.29, 0.717) is 0 Å². The largest absolute Gasteiger partial charge is 0.339 e. The quantitative estimate of drug-likeness (QED) is 0.279. The Kier molecular flexibility index (Phi) is 15.0. The van der Waals surface area contributed by atoms with Crippen molar-refractivity contribution in [2.75, 3.05) is 13.1 Å². The Balaban J connectivity index is 3.72. The highest BCUT2D eigenvalue weighted by Gasteiger charge is 2.08. The van der Waals surface area contributed by atoms with E-state index in [1.165, 1.54) is 70.3 Å². The van der Waals surface area contributed by atoms with Gasteiger partial charge in [0.05, 0.1) is 0 Å². The number of rotatable bonds is 15. The summed E-state index contributed by atoms with van der Waals surface area (Å²) in [5, 5.41) is 0. The molecule has 0 N–H and O–H groups in total. The molecule has 2 nitrogen and oxygen atoms in total. The molecule has 0 saturated heterocycles. The maximum absolute atomic E-state index is 11.9. The van der Waals surface area contributed by atoms with Crippen LogP contribution in [0.25, 0.3) is 0 Å². The number of nitrogens with zero attached hydrogens (tertiary/aromatic N) is 1. The monoisotopic (exact) mass is 295 g/mol. The average molecular weight is 296 g/mol. The van der Waals surface area contributed by atoms with Crippen LogP contribution >= 0.6 is 0 Å². The zero-order chi connectivity index (χ0) is 15.8. The smallest absolute Gasteiger partial charge is 0.245 e. The fourth-order valence-corrected chi connectivity index (χ4v) is 2.63. The molecule has 0 atom stereocenters. The van der Waals surface area contributed by atoms with Crippen molar-refractivity contribution in [3.63, 3.8) is 0 Å². The molecule has 0 radical (unpaired) electrons. The summed E-state index contributed by atoms with van der Waals surface area (Å²) in [7, 11) is 0. The van der Waals surface area contributed by atoms with Gasteiger partial charge in [-0.2, -0.15) is 0 Å². The Labute approximate surface area is 133 Å². The maximum Gasteiger partial charge on any atom is 0.245 e. The molecule has 0 bridgehead atoms. The van der Waals surface area contributed by atoms with Gasteiger partial charge in [0, 0.05) is 13.1 Å². The molecule has 0 aliphatic rings. The lowest BCUT2D eigenvalue weighted by atomic mass is 10.1. The topological polar surface area (TPSA) is 20.3 Å². The van der Waals surface area contributed by atoms with E-state index >= 15 is 0 Å². The van der Waals surface area contributed by atoms with E-state index in [1.54, 1.807) is 0 Å². The molecule has 1 amide bonds. The lowest BCUT2D eigenvalue weighted by Gasteiger charge is -2.21. The van der Waals surface area contributed by atoms with Gasteiger partial charge in [0.2, 0.25) is 5.91 Å². The maximum atomic E-state index is 11.9. The molecule has 2 heteroatoms. The lowest BCUT2D eigenvalue weighted by Crippen LogP contribution is -2.31. The Morgan fingerprint density at radius 2 is 1.14 bits per heavy atom. The van der Waals surface area contributed by atoms with Crippen molar-refractivity contribution in [1.29, 1.82) is 0 Å².